The Morgan fingerprint density at radius 1 is 1.19 bits per heavy atom. The maximum absolute atomic E-state index is 7.48. The molecule has 0 spiro atoms. The van der Waals surface area contributed by atoms with E-state index in [1.165, 1.54) is 38.8 Å². The first kappa shape index (κ1) is 24.9. The predicted octanol–water partition coefficient (Wildman–Crippen LogP) is 6.31. The Kier molecular flexibility index (Phi) is 7.15. The molecule has 1 N–H and O–H groups in total. The summed E-state index contributed by atoms with van der Waals surface area (Å²) in [7, 11) is -1.15. The Morgan fingerprint density at radius 3 is 2.69 bits per heavy atom. The summed E-state index contributed by atoms with van der Waals surface area (Å²) in [6.45, 7) is 20.3. The molecule has 8 heteroatoms. The highest BCUT2D eigenvalue weighted by atomic mass is 28.3. The molecular weight excluding hydrogens is 464 g/mol. The first-order valence-corrected chi connectivity index (χ1v) is 17.0. The van der Waals surface area contributed by atoms with E-state index < -0.39 is 8.07 Å². The van der Waals surface area contributed by atoms with Crippen molar-refractivity contribution in [2.45, 2.75) is 77.1 Å². The Morgan fingerprint density at radius 2 is 2.00 bits per heavy atom. The van der Waals surface area contributed by atoms with Crippen LogP contribution in [0.1, 0.15) is 31.2 Å². The first-order valence-electron chi connectivity index (χ1n) is 13.2. The Bertz CT molecular complexity index is 1270. The van der Waals surface area contributed by atoms with Crippen LogP contribution in [0.15, 0.2) is 30.6 Å². The second-order valence-corrected chi connectivity index (χ2v) is 17.2. The predicted molar refractivity (Wildman–Crippen MR) is 149 cm³/mol. The van der Waals surface area contributed by atoms with Gasteiger partial charge in [0.1, 0.15) is 6.73 Å². The van der Waals surface area contributed by atoms with Crippen LogP contribution in [-0.2, 0) is 11.5 Å². The van der Waals surface area contributed by atoms with Gasteiger partial charge in [0.05, 0.1) is 12.3 Å². The van der Waals surface area contributed by atoms with E-state index in [9.17, 15) is 0 Å². The fraction of sp³-hybridized carbons (Fsp3) is 0.536. The quantitative estimate of drug-likeness (QED) is 0.211. The maximum atomic E-state index is 7.48. The fourth-order valence-corrected chi connectivity index (χ4v) is 6.05. The molecule has 1 aliphatic heterocycles. The van der Waals surface area contributed by atoms with Crippen LogP contribution in [0.2, 0.25) is 25.7 Å². The molecule has 1 aromatic carbocycles. The SMILES string of the molecule is [C-]#[N+]c1ccc2c(-c3nc(N[C@H]4CC[C@@H]4N4CCCC4)ncc3C)cn(COCC[Si](C)(C)C)c2c1. The minimum Gasteiger partial charge on any atom is -0.361 e. The van der Waals surface area contributed by atoms with Crippen molar-refractivity contribution in [2.24, 2.45) is 0 Å². The molecule has 190 valence electrons. The van der Waals surface area contributed by atoms with Crippen molar-refractivity contribution < 1.29 is 4.74 Å². The summed E-state index contributed by atoms with van der Waals surface area (Å²) in [4.78, 5) is 15.9. The molecule has 1 saturated heterocycles. The van der Waals surface area contributed by atoms with Gasteiger partial charge in [0.15, 0.2) is 5.69 Å². The van der Waals surface area contributed by atoms with Gasteiger partial charge in [-0.1, -0.05) is 31.8 Å². The number of nitrogens with one attached hydrogen (secondary N) is 1. The number of nitrogens with zero attached hydrogens (tertiary/aromatic N) is 5. The lowest BCUT2D eigenvalue weighted by Crippen LogP contribution is -2.53. The van der Waals surface area contributed by atoms with E-state index in [2.05, 4.69) is 57.4 Å². The monoisotopic (exact) mass is 502 g/mol. The zero-order chi connectivity index (χ0) is 25.3. The molecule has 5 rings (SSSR count). The van der Waals surface area contributed by atoms with E-state index in [-0.39, 0.29) is 0 Å². The summed E-state index contributed by atoms with van der Waals surface area (Å²) >= 11 is 0. The second-order valence-electron chi connectivity index (χ2n) is 11.5. The molecule has 7 nitrogen and oxygen atoms in total. The summed E-state index contributed by atoms with van der Waals surface area (Å²) in [6, 6.07) is 8.04. The molecule has 36 heavy (non-hydrogen) atoms. The van der Waals surface area contributed by atoms with E-state index in [1.54, 1.807) is 0 Å². The molecule has 0 amide bonds. The van der Waals surface area contributed by atoms with Crippen LogP contribution in [0.5, 0.6) is 0 Å². The molecule has 2 fully saturated rings. The van der Waals surface area contributed by atoms with E-state index in [0.717, 1.165) is 40.4 Å². The topological polar surface area (TPSA) is 59.6 Å². The Hall–Kier alpha value is -2.73. The summed E-state index contributed by atoms with van der Waals surface area (Å²) in [5.74, 6) is 0.703. The number of hydrogen-bond donors (Lipinski definition) is 1. The molecule has 0 radical (unpaired) electrons. The zero-order valence-corrected chi connectivity index (χ0v) is 23.0. The smallest absolute Gasteiger partial charge is 0.223 e. The largest absolute Gasteiger partial charge is 0.361 e. The number of benzene rings is 1. The van der Waals surface area contributed by atoms with Gasteiger partial charge in [-0.15, -0.1) is 0 Å². The summed E-state index contributed by atoms with van der Waals surface area (Å²) in [6.07, 6.45) is 9.11. The third-order valence-corrected chi connectivity index (χ3v) is 9.31. The van der Waals surface area contributed by atoms with Crippen LogP contribution < -0.4 is 5.32 Å². The lowest BCUT2D eigenvalue weighted by atomic mass is 9.85. The van der Waals surface area contributed by atoms with E-state index in [1.807, 2.05) is 24.4 Å². The van der Waals surface area contributed by atoms with E-state index in [0.29, 0.717) is 30.5 Å². The van der Waals surface area contributed by atoms with Gasteiger partial charge in [-0.2, -0.15) is 0 Å². The molecule has 1 saturated carbocycles. The number of fused-ring (bicyclic) bond motifs is 1. The molecular formula is C28H38N6OSi. The minimum atomic E-state index is -1.15. The molecule has 0 unspecified atom stereocenters. The molecule has 3 aromatic rings. The van der Waals surface area contributed by atoms with Gasteiger partial charge in [0, 0.05) is 55.6 Å². The van der Waals surface area contributed by atoms with Crippen LogP contribution in [0.3, 0.4) is 0 Å². The van der Waals surface area contributed by atoms with Crippen molar-refractivity contribution in [3.8, 4) is 11.3 Å². The Labute approximate surface area is 215 Å². The van der Waals surface area contributed by atoms with Crippen LogP contribution in [0.25, 0.3) is 27.0 Å². The molecule has 2 aromatic heterocycles. The van der Waals surface area contributed by atoms with Gasteiger partial charge in [-0.25, -0.2) is 14.8 Å². The van der Waals surface area contributed by atoms with Crippen molar-refractivity contribution in [2.75, 3.05) is 25.0 Å². The van der Waals surface area contributed by atoms with Gasteiger partial charge in [-0.05, 0) is 63.4 Å². The third kappa shape index (κ3) is 5.34. The average Bonchev–Trinajstić information content (AvgIpc) is 3.48. The summed E-state index contributed by atoms with van der Waals surface area (Å²) in [5.41, 5.74) is 4.68. The fourth-order valence-electron chi connectivity index (χ4n) is 5.30. The number of likely N-dealkylation sites (tertiary alicyclic amines) is 1. The van der Waals surface area contributed by atoms with Crippen molar-refractivity contribution in [1.82, 2.24) is 19.4 Å². The molecule has 3 heterocycles. The number of aromatic nitrogens is 3. The van der Waals surface area contributed by atoms with Gasteiger partial charge >= 0.3 is 0 Å². The van der Waals surface area contributed by atoms with Crippen LogP contribution >= 0.6 is 0 Å². The minimum absolute atomic E-state index is 0.418. The lowest BCUT2D eigenvalue weighted by Gasteiger charge is -2.43. The summed E-state index contributed by atoms with van der Waals surface area (Å²) < 4.78 is 8.20. The Balaban J connectivity index is 1.41. The third-order valence-electron chi connectivity index (χ3n) is 7.61. The van der Waals surface area contributed by atoms with Crippen LogP contribution in [0, 0.1) is 13.5 Å². The number of anilines is 1. The van der Waals surface area contributed by atoms with E-state index in [4.69, 9.17) is 16.3 Å². The molecule has 2 atom stereocenters. The van der Waals surface area contributed by atoms with Crippen molar-refractivity contribution in [1.29, 1.82) is 0 Å². The first-order chi connectivity index (χ1) is 17.3. The standard InChI is InChI=1S/C28H38N6OSi/c1-20-17-30-28(31-24-10-11-25(24)33-12-6-7-13-33)32-27(20)23-18-34(19-35-14-15-36(3,4)5)26-16-21(29-2)8-9-22(23)26/h8-9,16-18,24-25H,6-7,10-15,19H2,1,3-5H3,(H,30,31,32)/t24-,25-/m0/s1. The average molecular weight is 503 g/mol. The highest BCUT2D eigenvalue weighted by molar-refractivity contribution is 6.76. The van der Waals surface area contributed by atoms with Crippen LogP contribution in [-0.4, -0.2) is 59.3 Å². The molecule has 0 bridgehead atoms. The number of aryl methyl sites for hydroxylation is 1. The van der Waals surface area contributed by atoms with Gasteiger partial charge in [0.25, 0.3) is 0 Å². The van der Waals surface area contributed by atoms with Crippen LogP contribution in [0.4, 0.5) is 11.6 Å². The van der Waals surface area contributed by atoms with Crippen molar-refractivity contribution >= 4 is 30.6 Å². The van der Waals surface area contributed by atoms with Gasteiger partial charge < -0.3 is 14.6 Å². The maximum Gasteiger partial charge on any atom is 0.223 e. The van der Waals surface area contributed by atoms with Gasteiger partial charge in [0.2, 0.25) is 5.95 Å². The normalized spacial score (nSPS) is 20.4. The number of hydrogen-bond acceptors (Lipinski definition) is 5. The number of rotatable bonds is 9. The molecule has 2 aliphatic rings. The van der Waals surface area contributed by atoms with Crippen molar-refractivity contribution in [3.05, 3.63) is 47.6 Å². The number of ether oxygens (including phenoxy) is 1. The highest BCUT2D eigenvalue weighted by Crippen LogP contribution is 2.35. The zero-order valence-electron chi connectivity index (χ0n) is 22.0. The van der Waals surface area contributed by atoms with Crippen molar-refractivity contribution in [3.63, 3.8) is 0 Å². The van der Waals surface area contributed by atoms with Gasteiger partial charge in [-0.3, -0.25) is 4.90 Å². The summed E-state index contributed by atoms with van der Waals surface area (Å²) in [5, 5.41) is 4.73. The lowest BCUT2D eigenvalue weighted by molar-refractivity contribution is 0.0903. The molecule has 1 aliphatic carbocycles. The second kappa shape index (κ2) is 10.3. The van der Waals surface area contributed by atoms with E-state index >= 15 is 0 Å². The highest BCUT2D eigenvalue weighted by Gasteiger charge is 2.37.